The molecular formula is C19H19ClN2O4S. The molecular weight excluding hydrogens is 388 g/mol. The van der Waals surface area contributed by atoms with Gasteiger partial charge in [0, 0.05) is 17.0 Å². The molecule has 0 fully saturated rings. The van der Waals surface area contributed by atoms with E-state index in [0.29, 0.717) is 33.8 Å². The Hall–Kier alpha value is -2.51. The Morgan fingerprint density at radius 3 is 2.56 bits per heavy atom. The van der Waals surface area contributed by atoms with Gasteiger partial charge in [-0.3, -0.25) is 4.72 Å². The first kappa shape index (κ1) is 19.3. The van der Waals surface area contributed by atoms with Crippen molar-refractivity contribution in [2.75, 3.05) is 16.6 Å². The van der Waals surface area contributed by atoms with Crippen LogP contribution in [0.4, 0.5) is 11.4 Å². The van der Waals surface area contributed by atoms with Crippen LogP contribution in [0.2, 0.25) is 5.02 Å². The highest BCUT2D eigenvalue weighted by Gasteiger charge is 2.23. The van der Waals surface area contributed by atoms with Crippen LogP contribution in [-0.2, 0) is 10.0 Å². The van der Waals surface area contributed by atoms with Crippen molar-refractivity contribution < 1.29 is 12.8 Å². The number of rotatable bonds is 6. The summed E-state index contributed by atoms with van der Waals surface area (Å²) in [6.07, 6.45) is 0.800. The molecule has 0 unspecified atom stereocenters. The van der Waals surface area contributed by atoms with Gasteiger partial charge in [0.2, 0.25) is 0 Å². The summed E-state index contributed by atoms with van der Waals surface area (Å²) in [5.74, 6) is 0. The summed E-state index contributed by atoms with van der Waals surface area (Å²) in [4.78, 5) is 12.5. The van der Waals surface area contributed by atoms with E-state index in [-0.39, 0.29) is 10.6 Å². The van der Waals surface area contributed by atoms with Gasteiger partial charge in [0.25, 0.3) is 10.0 Å². The largest absolute Gasteiger partial charge is 0.421 e. The van der Waals surface area contributed by atoms with E-state index in [4.69, 9.17) is 16.0 Å². The third-order valence-corrected chi connectivity index (χ3v) is 6.01. The van der Waals surface area contributed by atoms with E-state index in [2.05, 4.69) is 10.0 Å². The second-order valence-electron chi connectivity index (χ2n) is 6.03. The molecule has 0 radical (unpaired) electrons. The van der Waals surface area contributed by atoms with Crippen LogP contribution in [0.25, 0.3) is 11.0 Å². The topological polar surface area (TPSA) is 88.4 Å². The van der Waals surface area contributed by atoms with E-state index >= 15 is 0 Å². The molecule has 2 N–H and O–H groups in total. The molecule has 1 aromatic heterocycles. The fourth-order valence-electron chi connectivity index (χ4n) is 2.74. The van der Waals surface area contributed by atoms with Gasteiger partial charge in [-0.2, -0.15) is 0 Å². The molecule has 27 heavy (non-hydrogen) atoms. The number of anilines is 2. The fraction of sp³-hybridized carbons (Fsp3) is 0.211. The monoisotopic (exact) mass is 406 g/mol. The summed E-state index contributed by atoms with van der Waals surface area (Å²) in [6, 6.07) is 11.5. The first-order valence-electron chi connectivity index (χ1n) is 8.42. The van der Waals surface area contributed by atoms with Gasteiger partial charge in [-0.25, -0.2) is 13.2 Å². The summed E-state index contributed by atoms with van der Waals surface area (Å²) in [7, 11) is -4.04. The zero-order chi connectivity index (χ0) is 19.6. The molecule has 3 aromatic rings. The van der Waals surface area contributed by atoms with Crippen LogP contribution in [0, 0.1) is 6.92 Å². The number of benzene rings is 2. The summed E-state index contributed by atoms with van der Waals surface area (Å²) < 4.78 is 33.5. The van der Waals surface area contributed by atoms with Crippen LogP contribution in [0.1, 0.15) is 18.9 Å². The number of para-hydroxylation sites is 1. The predicted molar refractivity (Wildman–Crippen MR) is 108 cm³/mol. The number of nitrogens with one attached hydrogen (secondary N) is 2. The zero-order valence-electron chi connectivity index (χ0n) is 14.9. The maximum atomic E-state index is 12.9. The maximum absolute atomic E-state index is 12.9. The molecule has 6 nitrogen and oxygen atoms in total. The molecule has 0 aliphatic rings. The SMILES string of the molecule is CCCNc1c(NS(=O)(=O)c2cccc(Cl)c2C)c(=O)oc2ccccc12. The lowest BCUT2D eigenvalue weighted by Gasteiger charge is -2.16. The van der Waals surface area contributed by atoms with Gasteiger partial charge >= 0.3 is 5.63 Å². The molecule has 0 aliphatic heterocycles. The van der Waals surface area contributed by atoms with Crippen molar-refractivity contribution in [3.05, 3.63) is 63.5 Å². The lowest BCUT2D eigenvalue weighted by molar-refractivity contribution is 0.563. The van der Waals surface area contributed by atoms with Gasteiger partial charge in [0.05, 0.1) is 10.6 Å². The second kappa shape index (κ2) is 7.62. The molecule has 1 heterocycles. The molecule has 0 atom stereocenters. The predicted octanol–water partition coefficient (Wildman–Crippen LogP) is 4.38. The molecule has 0 aliphatic carbocycles. The number of fused-ring (bicyclic) bond motifs is 1. The molecule has 0 spiro atoms. The number of halogens is 1. The summed E-state index contributed by atoms with van der Waals surface area (Å²) >= 11 is 6.05. The molecule has 0 bridgehead atoms. The van der Waals surface area contributed by atoms with Gasteiger partial charge in [0.15, 0.2) is 5.69 Å². The number of hydrogen-bond acceptors (Lipinski definition) is 5. The maximum Gasteiger partial charge on any atom is 0.363 e. The molecule has 0 saturated carbocycles. The lowest BCUT2D eigenvalue weighted by atomic mass is 10.2. The van der Waals surface area contributed by atoms with Crippen LogP contribution in [0.5, 0.6) is 0 Å². The molecule has 8 heteroatoms. The van der Waals surface area contributed by atoms with Crippen LogP contribution < -0.4 is 15.7 Å². The molecule has 0 amide bonds. The molecule has 2 aromatic carbocycles. The highest BCUT2D eigenvalue weighted by Crippen LogP contribution is 2.31. The second-order valence-corrected chi connectivity index (χ2v) is 8.09. The smallest absolute Gasteiger partial charge is 0.363 e. The Morgan fingerprint density at radius 2 is 1.81 bits per heavy atom. The van der Waals surface area contributed by atoms with Gasteiger partial charge < -0.3 is 9.73 Å². The summed E-state index contributed by atoms with van der Waals surface area (Å²) in [5.41, 5.74) is 0.256. The van der Waals surface area contributed by atoms with Crippen LogP contribution in [-0.4, -0.2) is 15.0 Å². The van der Waals surface area contributed by atoms with Gasteiger partial charge in [-0.1, -0.05) is 36.7 Å². The van der Waals surface area contributed by atoms with Crippen molar-refractivity contribution in [2.45, 2.75) is 25.2 Å². The number of sulfonamides is 1. The van der Waals surface area contributed by atoms with Crippen molar-refractivity contribution in [3.63, 3.8) is 0 Å². The first-order chi connectivity index (χ1) is 12.8. The van der Waals surface area contributed by atoms with E-state index in [9.17, 15) is 13.2 Å². The van der Waals surface area contributed by atoms with Gasteiger partial charge in [-0.05, 0) is 43.2 Å². The van der Waals surface area contributed by atoms with Crippen LogP contribution in [0.3, 0.4) is 0 Å². The molecule has 3 rings (SSSR count). The van der Waals surface area contributed by atoms with Crippen molar-refractivity contribution in [2.24, 2.45) is 0 Å². The minimum Gasteiger partial charge on any atom is -0.421 e. The Balaban J connectivity index is 2.17. The average molecular weight is 407 g/mol. The molecule has 0 saturated heterocycles. The van der Waals surface area contributed by atoms with Crippen molar-refractivity contribution in [3.8, 4) is 0 Å². The van der Waals surface area contributed by atoms with Gasteiger partial charge in [0.1, 0.15) is 5.58 Å². The first-order valence-corrected chi connectivity index (χ1v) is 10.3. The van der Waals surface area contributed by atoms with E-state index in [0.717, 1.165) is 6.42 Å². The van der Waals surface area contributed by atoms with Crippen molar-refractivity contribution in [1.82, 2.24) is 0 Å². The Kier molecular flexibility index (Phi) is 5.43. The minimum absolute atomic E-state index is 0.00370. The third-order valence-electron chi connectivity index (χ3n) is 4.11. The number of hydrogen-bond donors (Lipinski definition) is 2. The Morgan fingerprint density at radius 1 is 1.07 bits per heavy atom. The van der Waals surface area contributed by atoms with E-state index in [1.165, 1.54) is 6.07 Å². The normalized spacial score (nSPS) is 11.5. The van der Waals surface area contributed by atoms with Crippen LogP contribution >= 0.6 is 11.6 Å². The lowest BCUT2D eigenvalue weighted by Crippen LogP contribution is -2.21. The van der Waals surface area contributed by atoms with Crippen molar-refractivity contribution in [1.29, 1.82) is 0 Å². The van der Waals surface area contributed by atoms with E-state index in [1.54, 1.807) is 43.3 Å². The van der Waals surface area contributed by atoms with Crippen molar-refractivity contribution >= 4 is 44.0 Å². The van der Waals surface area contributed by atoms with Gasteiger partial charge in [-0.15, -0.1) is 0 Å². The Bertz CT molecular complexity index is 1160. The summed E-state index contributed by atoms with van der Waals surface area (Å²) in [5, 5.41) is 4.08. The quantitative estimate of drug-likeness (QED) is 0.593. The average Bonchev–Trinajstić information content (AvgIpc) is 2.63. The highest BCUT2D eigenvalue weighted by atomic mass is 35.5. The van der Waals surface area contributed by atoms with E-state index in [1.807, 2.05) is 6.92 Å². The molecule has 142 valence electrons. The van der Waals surface area contributed by atoms with E-state index < -0.39 is 15.6 Å². The zero-order valence-corrected chi connectivity index (χ0v) is 16.4. The fourth-order valence-corrected chi connectivity index (χ4v) is 4.31. The highest BCUT2D eigenvalue weighted by molar-refractivity contribution is 7.92. The standard InChI is InChI=1S/C19H19ClN2O4S/c1-3-11-21-17-13-7-4-5-9-15(13)26-19(23)18(17)22-27(24,25)16-10-6-8-14(20)12(16)2/h4-10,21-22H,3,11H2,1-2H3. The minimum atomic E-state index is -4.04. The van der Waals surface area contributed by atoms with Crippen LogP contribution in [0.15, 0.2) is 56.6 Å². The third kappa shape index (κ3) is 3.79. The Labute approximate surface area is 162 Å². The summed E-state index contributed by atoms with van der Waals surface area (Å²) in [6.45, 7) is 4.15.